The van der Waals surface area contributed by atoms with Crippen molar-refractivity contribution < 1.29 is 5.11 Å². The Kier molecular flexibility index (Phi) is 2.90. The van der Waals surface area contributed by atoms with Gasteiger partial charge in [0, 0.05) is 19.8 Å². The first-order valence-corrected chi connectivity index (χ1v) is 6.10. The second-order valence-electron chi connectivity index (χ2n) is 3.90. The predicted octanol–water partition coefficient (Wildman–Crippen LogP) is 1.37. The van der Waals surface area contributed by atoms with Gasteiger partial charge in [0.25, 0.3) is 0 Å². The van der Waals surface area contributed by atoms with Crippen LogP contribution in [0.2, 0.25) is 0 Å². The molecule has 2 rings (SSSR count). The zero-order valence-corrected chi connectivity index (χ0v) is 10.6. The summed E-state index contributed by atoms with van der Waals surface area (Å²) in [6.45, 7) is 13.4. The third-order valence-corrected chi connectivity index (χ3v) is 3.72. The first kappa shape index (κ1) is 11.7. The molecule has 0 fully saturated rings. The van der Waals surface area contributed by atoms with Crippen LogP contribution in [0.25, 0.3) is 35.1 Å². The normalized spacial score (nSPS) is 14.1. The number of thiophene rings is 1. The molecule has 1 nitrogen and oxygen atoms in total. The van der Waals surface area contributed by atoms with E-state index in [1.54, 1.807) is 24.3 Å². The highest BCUT2D eigenvalue weighted by Crippen LogP contribution is 2.07. The number of allylic oxidation sites excluding steroid dienone is 1. The Morgan fingerprint density at radius 2 is 2.06 bits per heavy atom. The molecule has 86 valence electrons. The molecular weight excluding hydrogens is 228 g/mol. The van der Waals surface area contributed by atoms with Crippen molar-refractivity contribution in [2.45, 2.75) is 6.92 Å². The van der Waals surface area contributed by atoms with Crippen LogP contribution in [0, 0.1) is 0 Å². The third kappa shape index (κ3) is 1.81. The number of fused-ring (bicyclic) bond motifs is 1. The summed E-state index contributed by atoms with van der Waals surface area (Å²) in [5, 5.41) is 13.6. The molecule has 2 aromatic rings. The summed E-state index contributed by atoms with van der Waals surface area (Å²) in [6.07, 6.45) is 3.66. The predicted molar refractivity (Wildman–Crippen MR) is 77.7 cm³/mol. The highest BCUT2D eigenvalue weighted by molar-refractivity contribution is 7.17. The summed E-state index contributed by atoms with van der Waals surface area (Å²) >= 11 is 1.58. The fraction of sp³-hybridized carbons (Fsp3) is 0.0667. The van der Waals surface area contributed by atoms with Crippen LogP contribution in [0.1, 0.15) is 6.92 Å². The fourth-order valence-electron chi connectivity index (χ4n) is 2.00. The SMILES string of the molecule is C=C/C=c1\c(=C)ccc2sc(=C)/c(=C(\C)O)c12. The molecule has 1 aromatic heterocycles. The Balaban J connectivity index is 3.32. The first-order valence-electron chi connectivity index (χ1n) is 5.28. The van der Waals surface area contributed by atoms with Gasteiger partial charge >= 0.3 is 0 Å². The summed E-state index contributed by atoms with van der Waals surface area (Å²) in [5.41, 5.74) is 0. The van der Waals surface area contributed by atoms with Gasteiger partial charge in [-0.1, -0.05) is 38.0 Å². The van der Waals surface area contributed by atoms with Crippen LogP contribution in [0.5, 0.6) is 0 Å². The lowest BCUT2D eigenvalue weighted by molar-refractivity contribution is 0.499. The van der Waals surface area contributed by atoms with Crippen LogP contribution in [-0.2, 0) is 0 Å². The molecule has 0 aliphatic rings. The maximum absolute atomic E-state index is 9.80. The van der Waals surface area contributed by atoms with E-state index in [1.807, 2.05) is 18.2 Å². The molecule has 0 atom stereocenters. The van der Waals surface area contributed by atoms with E-state index in [2.05, 4.69) is 19.7 Å². The van der Waals surface area contributed by atoms with Gasteiger partial charge in [0.15, 0.2) is 0 Å². The summed E-state index contributed by atoms with van der Waals surface area (Å²) in [7, 11) is 0. The molecule has 0 aliphatic heterocycles. The van der Waals surface area contributed by atoms with Gasteiger partial charge in [0.2, 0.25) is 0 Å². The summed E-state index contributed by atoms with van der Waals surface area (Å²) in [5.74, 6) is 0.297. The molecule has 0 radical (unpaired) electrons. The molecule has 1 N–H and O–H groups in total. The van der Waals surface area contributed by atoms with Crippen LogP contribution < -0.4 is 20.2 Å². The van der Waals surface area contributed by atoms with Crippen molar-refractivity contribution in [3.63, 3.8) is 0 Å². The van der Waals surface area contributed by atoms with Crippen molar-refractivity contribution in [1.29, 1.82) is 0 Å². The molecule has 2 heteroatoms. The Bertz CT molecular complexity index is 805. The van der Waals surface area contributed by atoms with Crippen molar-refractivity contribution in [3.05, 3.63) is 45.0 Å². The van der Waals surface area contributed by atoms with Crippen molar-refractivity contribution >= 4 is 46.4 Å². The highest BCUT2D eigenvalue weighted by Gasteiger charge is 2.04. The smallest absolute Gasteiger partial charge is 0.0984 e. The lowest BCUT2D eigenvalue weighted by Gasteiger charge is -1.94. The summed E-state index contributed by atoms with van der Waals surface area (Å²) in [4.78, 5) is 0. The van der Waals surface area contributed by atoms with Crippen LogP contribution >= 0.6 is 11.3 Å². The van der Waals surface area contributed by atoms with E-state index < -0.39 is 0 Å². The van der Waals surface area contributed by atoms with Crippen LogP contribution in [0.3, 0.4) is 0 Å². The molecule has 17 heavy (non-hydrogen) atoms. The second kappa shape index (κ2) is 4.22. The van der Waals surface area contributed by atoms with Crippen molar-refractivity contribution in [3.8, 4) is 0 Å². The minimum absolute atomic E-state index is 0.297. The Labute approximate surface area is 104 Å². The Morgan fingerprint density at radius 1 is 1.35 bits per heavy atom. The molecule has 0 spiro atoms. The first-order chi connectivity index (χ1) is 8.06. The lowest BCUT2D eigenvalue weighted by Crippen LogP contribution is -2.30. The zero-order valence-electron chi connectivity index (χ0n) is 9.79. The van der Waals surface area contributed by atoms with Gasteiger partial charge in [-0.2, -0.15) is 0 Å². The molecular formula is C15H14OS. The summed E-state index contributed by atoms with van der Waals surface area (Å²) < 4.78 is 1.99. The maximum atomic E-state index is 9.80. The lowest BCUT2D eigenvalue weighted by atomic mass is 10.1. The monoisotopic (exact) mass is 242 g/mol. The minimum atomic E-state index is 0.297. The van der Waals surface area contributed by atoms with Gasteiger partial charge in [0.1, 0.15) is 0 Å². The molecule has 1 heterocycles. The van der Waals surface area contributed by atoms with Gasteiger partial charge in [0.05, 0.1) is 5.76 Å². The molecule has 0 aliphatic carbocycles. The molecule has 0 bridgehead atoms. The maximum Gasteiger partial charge on any atom is 0.0984 e. The van der Waals surface area contributed by atoms with Gasteiger partial charge in [-0.25, -0.2) is 0 Å². The summed E-state index contributed by atoms with van der Waals surface area (Å²) in [6, 6.07) is 3.99. The van der Waals surface area contributed by atoms with Crippen LogP contribution in [0.15, 0.2) is 24.8 Å². The quantitative estimate of drug-likeness (QED) is 0.801. The van der Waals surface area contributed by atoms with E-state index in [1.165, 1.54) is 0 Å². The van der Waals surface area contributed by atoms with Crippen LogP contribution in [-0.4, -0.2) is 5.11 Å². The van der Waals surface area contributed by atoms with E-state index in [4.69, 9.17) is 0 Å². The van der Waals surface area contributed by atoms with E-state index in [0.29, 0.717) is 5.76 Å². The van der Waals surface area contributed by atoms with Gasteiger partial charge in [-0.3, -0.25) is 0 Å². The zero-order chi connectivity index (χ0) is 12.6. The molecule has 1 aromatic carbocycles. The highest BCUT2D eigenvalue weighted by atomic mass is 32.1. The molecule has 0 unspecified atom stereocenters. The Hall–Kier alpha value is -1.80. The van der Waals surface area contributed by atoms with E-state index in [0.717, 1.165) is 30.3 Å². The third-order valence-electron chi connectivity index (χ3n) is 2.71. The average Bonchev–Trinajstić information content (AvgIpc) is 2.59. The topological polar surface area (TPSA) is 20.2 Å². The second-order valence-corrected chi connectivity index (χ2v) is 5.04. The number of rotatable bonds is 1. The number of hydrogen-bond acceptors (Lipinski definition) is 2. The minimum Gasteiger partial charge on any atom is -0.512 e. The van der Waals surface area contributed by atoms with Gasteiger partial charge < -0.3 is 5.11 Å². The van der Waals surface area contributed by atoms with E-state index >= 15 is 0 Å². The average molecular weight is 242 g/mol. The van der Waals surface area contributed by atoms with Crippen molar-refractivity contribution in [1.82, 2.24) is 0 Å². The number of aliphatic hydroxyl groups is 1. The fourth-order valence-corrected chi connectivity index (χ4v) is 3.07. The largest absolute Gasteiger partial charge is 0.512 e. The van der Waals surface area contributed by atoms with E-state index in [-0.39, 0.29) is 0 Å². The molecule has 0 saturated carbocycles. The van der Waals surface area contributed by atoms with Gasteiger partial charge in [-0.05, 0) is 23.4 Å². The number of aliphatic hydroxyl groups excluding tert-OH is 1. The molecule has 0 saturated heterocycles. The Morgan fingerprint density at radius 3 is 2.65 bits per heavy atom. The van der Waals surface area contributed by atoms with E-state index in [9.17, 15) is 5.11 Å². The molecule has 0 amide bonds. The van der Waals surface area contributed by atoms with Gasteiger partial charge in [-0.15, -0.1) is 11.3 Å². The van der Waals surface area contributed by atoms with Crippen molar-refractivity contribution in [2.24, 2.45) is 0 Å². The standard InChI is InChI=1S/C15H14OS/c1-5-6-12-9(2)7-8-13-15(12)14(10(3)16)11(4)17-13/h5-8,16H,1-2,4H2,3H3/b12-6+,14-10-. The van der Waals surface area contributed by atoms with Crippen molar-refractivity contribution in [2.75, 3.05) is 0 Å². The van der Waals surface area contributed by atoms with Crippen LogP contribution in [0.4, 0.5) is 0 Å². The number of benzene rings is 1. The number of hydrogen-bond donors (Lipinski definition) is 1.